The van der Waals surface area contributed by atoms with E-state index < -0.39 is 6.03 Å². The third kappa shape index (κ3) is 8.82. The minimum atomic E-state index is -0.872. The summed E-state index contributed by atoms with van der Waals surface area (Å²) in [6.45, 7) is 0. The highest BCUT2D eigenvalue weighted by molar-refractivity contribution is 5.71. The highest BCUT2D eigenvalue weighted by Crippen LogP contribution is 1.49. The van der Waals surface area contributed by atoms with Crippen molar-refractivity contribution in [3.8, 4) is 0 Å². The van der Waals surface area contributed by atoms with Crippen LogP contribution in [0.1, 0.15) is 0 Å². The van der Waals surface area contributed by atoms with Crippen molar-refractivity contribution < 1.29 is 15.1 Å². The molecule has 0 radical (unpaired) electrons. The van der Waals surface area contributed by atoms with Gasteiger partial charge in [0, 0.05) is 0 Å². The molecule has 0 fully saturated rings. The van der Waals surface area contributed by atoms with E-state index in [4.69, 9.17) is 4.79 Å². The van der Waals surface area contributed by atoms with E-state index >= 15 is 0 Å². The molecule has 8 heavy (non-hydrogen) atoms. The number of isocyanates is 1. The second kappa shape index (κ2) is 5.61. The van der Waals surface area contributed by atoms with Crippen molar-refractivity contribution in [3.63, 3.8) is 0 Å². The van der Waals surface area contributed by atoms with Gasteiger partial charge < -0.3 is 11.2 Å². The van der Waals surface area contributed by atoms with E-state index in [1.54, 1.807) is 5.43 Å². The molecule has 0 aromatic rings. The molecule has 0 aliphatic rings. The third-order valence-corrected chi connectivity index (χ3v) is 0.212. The Morgan fingerprint density at radius 3 is 2.38 bits per heavy atom. The summed E-state index contributed by atoms with van der Waals surface area (Å²) < 4.78 is 0. The Bertz CT molecular complexity index is 116. The van der Waals surface area contributed by atoms with Gasteiger partial charge in [0.15, 0.2) is 0 Å². The number of carbonyl (C=O) groups is 1. The first-order valence-corrected chi connectivity index (χ1v) is 1.39. The summed E-state index contributed by atoms with van der Waals surface area (Å²) in [7, 11) is 0. The maximum absolute atomic E-state index is 9.60. The Morgan fingerprint density at radius 2 is 2.25 bits per heavy atom. The Labute approximate surface area is 44.7 Å². The lowest BCUT2D eigenvalue weighted by atomic mass is 11.1. The van der Waals surface area contributed by atoms with Gasteiger partial charge in [0.05, 0.1) is 0 Å². The molecule has 6 nitrogen and oxygen atoms in total. The van der Waals surface area contributed by atoms with E-state index in [0.29, 0.717) is 0 Å². The molecule has 0 aromatic carbocycles. The van der Waals surface area contributed by atoms with Gasteiger partial charge in [-0.1, -0.05) is 5.10 Å². The van der Waals surface area contributed by atoms with Crippen molar-refractivity contribution in [1.29, 1.82) is 0 Å². The number of nitrogens with one attached hydrogen (secondary N) is 1. The van der Waals surface area contributed by atoms with E-state index in [1.807, 2.05) is 0 Å². The molecule has 0 atom stereocenters. The van der Waals surface area contributed by atoms with Crippen LogP contribution in [-0.2, 0) is 4.79 Å². The van der Waals surface area contributed by atoms with Gasteiger partial charge in [-0.15, -0.1) is 0 Å². The molecule has 6 heteroatoms. The second-order valence-corrected chi connectivity index (χ2v) is 0.679. The highest BCUT2D eigenvalue weighted by Gasteiger charge is 1.79. The molecule has 5 N–H and O–H groups in total. The zero-order valence-corrected chi connectivity index (χ0v) is 3.84. The first-order chi connectivity index (χ1) is 3.27. The number of carbonyl (C=O) groups excluding carboxylic acids is 2. The van der Waals surface area contributed by atoms with Crippen LogP contribution in [0.2, 0.25) is 0 Å². The molecule has 0 aromatic heterocycles. The smallest absolute Gasteiger partial charge is 0.333 e. The van der Waals surface area contributed by atoms with Gasteiger partial charge in [-0.05, 0) is 0 Å². The van der Waals surface area contributed by atoms with Crippen LogP contribution < -0.4 is 11.2 Å². The molecule has 0 unspecified atom stereocenters. The zero-order chi connectivity index (χ0) is 5.70. The SMILES string of the molecule is NC(=O)NN=C=O.O. The lowest BCUT2D eigenvalue weighted by Gasteiger charge is -1.80. The molecule has 0 saturated heterocycles. The van der Waals surface area contributed by atoms with Gasteiger partial charge in [-0.2, -0.15) is 0 Å². The van der Waals surface area contributed by atoms with Gasteiger partial charge in [-0.3, -0.25) is 0 Å². The summed E-state index contributed by atoms with van der Waals surface area (Å²) in [6, 6.07) is -0.872. The molecule has 0 spiro atoms. The Hall–Kier alpha value is -1.39. The average Bonchev–Trinajstić information content (AvgIpc) is 1.61. The maximum atomic E-state index is 9.60. The third-order valence-electron chi connectivity index (χ3n) is 0.212. The monoisotopic (exact) mass is 119 g/mol. The summed E-state index contributed by atoms with van der Waals surface area (Å²) >= 11 is 0. The van der Waals surface area contributed by atoms with Gasteiger partial charge in [0.25, 0.3) is 6.08 Å². The van der Waals surface area contributed by atoms with Gasteiger partial charge in [0.2, 0.25) is 0 Å². The van der Waals surface area contributed by atoms with Crippen LogP contribution in [-0.4, -0.2) is 17.6 Å². The molecule has 0 heterocycles. The molecule has 0 aliphatic heterocycles. The van der Waals surface area contributed by atoms with Crippen LogP contribution in [0.4, 0.5) is 4.79 Å². The normalized spacial score (nSPS) is 5.50. The maximum Gasteiger partial charge on any atom is 0.333 e. The van der Waals surface area contributed by atoms with Crippen LogP contribution in [0.3, 0.4) is 0 Å². The van der Waals surface area contributed by atoms with Crippen molar-refractivity contribution in [3.05, 3.63) is 0 Å². The molecule has 0 aliphatic carbocycles. The number of hydrazone groups is 1. The fourth-order valence-corrected chi connectivity index (χ4v) is 0.0779. The highest BCUT2D eigenvalue weighted by atomic mass is 16.2. The number of rotatable bonds is 1. The summed E-state index contributed by atoms with van der Waals surface area (Å²) in [5, 5.41) is 2.64. The first kappa shape index (κ1) is 9.79. The summed E-state index contributed by atoms with van der Waals surface area (Å²) in [6.07, 6.45) is 1.06. The number of urea groups is 1. The average molecular weight is 119 g/mol. The number of hydrogen-bond acceptors (Lipinski definition) is 3. The van der Waals surface area contributed by atoms with Crippen molar-refractivity contribution >= 4 is 12.1 Å². The largest absolute Gasteiger partial charge is 0.412 e. The van der Waals surface area contributed by atoms with Gasteiger partial charge in [-0.25, -0.2) is 15.0 Å². The molecule has 46 valence electrons. The topological polar surface area (TPSA) is 116 Å². The van der Waals surface area contributed by atoms with E-state index in [1.165, 1.54) is 0 Å². The first-order valence-electron chi connectivity index (χ1n) is 1.39. The van der Waals surface area contributed by atoms with Crippen LogP contribution in [0.5, 0.6) is 0 Å². The Morgan fingerprint density at radius 1 is 1.75 bits per heavy atom. The number of nitrogens with two attached hydrogens (primary N) is 1. The van der Waals surface area contributed by atoms with Gasteiger partial charge in [0.1, 0.15) is 0 Å². The van der Waals surface area contributed by atoms with Gasteiger partial charge >= 0.3 is 6.03 Å². The number of nitrogens with zero attached hydrogens (tertiary/aromatic N) is 1. The van der Waals surface area contributed by atoms with Crippen molar-refractivity contribution in [2.45, 2.75) is 0 Å². The summed E-state index contributed by atoms with van der Waals surface area (Å²) in [4.78, 5) is 18.7. The van der Waals surface area contributed by atoms with E-state index in [0.717, 1.165) is 6.08 Å². The molecule has 0 saturated carbocycles. The van der Waals surface area contributed by atoms with Crippen molar-refractivity contribution in [2.75, 3.05) is 0 Å². The Balaban J connectivity index is 0. The minimum absolute atomic E-state index is 0. The fourth-order valence-electron chi connectivity index (χ4n) is 0.0779. The van der Waals surface area contributed by atoms with Crippen LogP contribution in [0, 0.1) is 0 Å². The molecule has 0 rings (SSSR count). The number of primary amides is 1. The zero-order valence-electron chi connectivity index (χ0n) is 3.84. The van der Waals surface area contributed by atoms with Crippen LogP contribution in [0.25, 0.3) is 0 Å². The van der Waals surface area contributed by atoms with Crippen LogP contribution in [0.15, 0.2) is 5.10 Å². The lowest BCUT2D eigenvalue weighted by molar-refractivity contribution is 0.249. The van der Waals surface area contributed by atoms with Crippen LogP contribution >= 0.6 is 0 Å². The summed E-state index contributed by atoms with van der Waals surface area (Å²) in [5.74, 6) is 0. The number of amides is 2. The predicted molar refractivity (Wildman–Crippen MR) is 24.5 cm³/mol. The standard InChI is InChI=1S/C2H3N3O2.H2O/c3-2(7)5-4-1-6;/h(H3,3,5,7);1H2. The molecular formula is C2H5N3O3. The molecule has 0 bridgehead atoms. The van der Waals surface area contributed by atoms with E-state index in [-0.39, 0.29) is 5.48 Å². The number of hydrogen-bond donors (Lipinski definition) is 2. The fraction of sp³-hybridized carbons (Fsp3) is 0. The van der Waals surface area contributed by atoms with Crippen molar-refractivity contribution in [2.24, 2.45) is 10.8 Å². The van der Waals surface area contributed by atoms with E-state index in [9.17, 15) is 4.79 Å². The molecule has 2 amide bonds. The second-order valence-electron chi connectivity index (χ2n) is 0.679. The summed E-state index contributed by atoms with van der Waals surface area (Å²) in [5.41, 5.74) is 6.09. The minimum Gasteiger partial charge on any atom is -0.412 e. The Kier molecular flexibility index (Phi) is 6.86. The quantitative estimate of drug-likeness (QED) is 0.238. The van der Waals surface area contributed by atoms with Crippen molar-refractivity contribution in [1.82, 2.24) is 5.43 Å². The molecular weight excluding hydrogens is 114 g/mol. The lowest BCUT2D eigenvalue weighted by Crippen LogP contribution is -2.23. The predicted octanol–water partition coefficient (Wildman–Crippen LogP) is -1.92. The van der Waals surface area contributed by atoms with E-state index in [2.05, 4.69) is 10.8 Å².